The molecule has 0 heterocycles. The van der Waals surface area contributed by atoms with Gasteiger partial charge in [0.2, 0.25) is 5.91 Å². The molecule has 2 aromatic carbocycles. The minimum Gasteiger partial charge on any atom is -0.496 e. The molecule has 5 heteroatoms. The number of methoxy groups -OCH3 is 1. The Bertz CT molecular complexity index is 671. The number of nitrogens with zero attached hydrogens (tertiary/aromatic N) is 1. The Morgan fingerprint density at radius 1 is 1.22 bits per heavy atom. The normalized spacial score (nSPS) is 10.7. The number of hydrogen-bond acceptors (Lipinski definition) is 3. The molecule has 1 N–H and O–H groups in total. The summed E-state index contributed by atoms with van der Waals surface area (Å²) in [4.78, 5) is 14.0. The third-order valence-electron chi connectivity index (χ3n) is 3.42. The topological polar surface area (TPSA) is 41.6 Å². The van der Waals surface area contributed by atoms with Crippen molar-refractivity contribution in [3.8, 4) is 5.75 Å². The lowest BCUT2D eigenvalue weighted by Crippen LogP contribution is -2.30. The number of ether oxygens (including phenoxy) is 1. The lowest BCUT2D eigenvalue weighted by atomic mass is 10.1. The van der Waals surface area contributed by atoms with Crippen molar-refractivity contribution >= 4 is 23.2 Å². The van der Waals surface area contributed by atoms with Crippen LogP contribution in [0, 0.1) is 6.92 Å². The van der Waals surface area contributed by atoms with Crippen LogP contribution < -0.4 is 10.1 Å². The van der Waals surface area contributed by atoms with Gasteiger partial charge in [0.05, 0.1) is 13.7 Å². The fourth-order valence-electron chi connectivity index (χ4n) is 2.36. The molecule has 2 aromatic rings. The Labute approximate surface area is 142 Å². The van der Waals surface area contributed by atoms with Crippen molar-refractivity contribution in [2.24, 2.45) is 0 Å². The summed E-state index contributed by atoms with van der Waals surface area (Å²) in [6, 6.07) is 13.1. The Hall–Kier alpha value is -2.04. The molecule has 0 aromatic heterocycles. The van der Waals surface area contributed by atoms with E-state index in [2.05, 4.69) is 11.4 Å². The van der Waals surface area contributed by atoms with E-state index in [9.17, 15) is 4.79 Å². The maximum absolute atomic E-state index is 12.1. The van der Waals surface area contributed by atoms with Crippen molar-refractivity contribution in [1.29, 1.82) is 0 Å². The molecular weight excluding hydrogens is 312 g/mol. The first-order valence-electron chi connectivity index (χ1n) is 7.35. The maximum atomic E-state index is 12.1. The standard InChI is InChI=1S/C18H21ClN2O2/c1-13-4-9-17(23-3)14(10-13)11-21(2)12-18(22)20-16-7-5-15(19)6-8-16/h4-10H,11-12H2,1-3H3,(H,20,22). The van der Waals surface area contributed by atoms with E-state index in [0.717, 1.165) is 17.0 Å². The van der Waals surface area contributed by atoms with Crippen molar-refractivity contribution in [1.82, 2.24) is 4.90 Å². The highest BCUT2D eigenvalue weighted by Crippen LogP contribution is 2.21. The van der Waals surface area contributed by atoms with Crippen molar-refractivity contribution in [3.63, 3.8) is 0 Å². The average Bonchev–Trinajstić information content (AvgIpc) is 2.49. The Kier molecular flexibility index (Phi) is 6.02. The van der Waals surface area contributed by atoms with Crippen LogP contribution >= 0.6 is 11.6 Å². The number of aryl methyl sites for hydroxylation is 1. The van der Waals surface area contributed by atoms with E-state index in [1.807, 2.05) is 31.0 Å². The SMILES string of the molecule is COc1ccc(C)cc1CN(C)CC(=O)Nc1ccc(Cl)cc1. The van der Waals surface area contributed by atoms with E-state index >= 15 is 0 Å². The second kappa shape index (κ2) is 7.99. The highest BCUT2D eigenvalue weighted by molar-refractivity contribution is 6.30. The van der Waals surface area contributed by atoms with Crippen LogP contribution in [0.15, 0.2) is 42.5 Å². The van der Waals surface area contributed by atoms with E-state index < -0.39 is 0 Å². The first kappa shape index (κ1) is 17.3. The molecule has 122 valence electrons. The van der Waals surface area contributed by atoms with E-state index in [4.69, 9.17) is 16.3 Å². The monoisotopic (exact) mass is 332 g/mol. The number of anilines is 1. The molecule has 0 unspecified atom stereocenters. The third kappa shape index (κ3) is 5.27. The molecule has 0 bridgehead atoms. The molecule has 0 aliphatic heterocycles. The number of benzene rings is 2. The zero-order valence-electron chi connectivity index (χ0n) is 13.6. The lowest BCUT2D eigenvalue weighted by Gasteiger charge is -2.18. The predicted octanol–water partition coefficient (Wildman–Crippen LogP) is 3.73. The van der Waals surface area contributed by atoms with Gasteiger partial charge in [0.1, 0.15) is 5.75 Å². The Morgan fingerprint density at radius 2 is 1.91 bits per heavy atom. The van der Waals surface area contributed by atoms with Crippen LogP contribution in [-0.4, -0.2) is 31.5 Å². The van der Waals surface area contributed by atoms with Crippen molar-refractivity contribution in [3.05, 3.63) is 58.6 Å². The summed E-state index contributed by atoms with van der Waals surface area (Å²) in [5.41, 5.74) is 2.97. The second-order valence-corrected chi connectivity index (χ2v) is 5.98. The molecule has 4 nitrogen and oxygen atoms in total. The van der Waals surface area contributed by atoms with E-state index in [0.29, 0.717) is 18.1 Å². The molecule has 0 saturated heterocycles. The van der Waals surface area contributed by atoms with Crippen LogP contribution in [0.4, 0.5) is 5.69 Å². The van der Waals surface area contributed by atoms with Gasteiger partial charge in [0, 0.05) is 22.8 Å². The first-order chi connectivity index (χ1) is 11.0. The highest BCUT2D eigenvalue weighted by atomic mass is 35.5. The number of halogens is 1. The van der Waals surface area contributed by atoms with Gasteiger partial charge in [0.15, 0.2) is 0 Å². The first-order valence-corrected chi connectivity index (χ1v) is 7.73. The third-order valence-corrected chi connectivity index (χ3v) is 3.67. The molecule has 0 spiro atoms. The van der Waals surface area contributed by atoms with E-state index in [-0.39, 0.29) is 5.91 Å². The van der Waals surface area contributed by atoms with Gasteiger partial charge < -0.3 is 10.1 Å². The molecule has 0 saturated carbocycles. The van der Waals surface area contributed by atoms with Gasteiger partial charge in [-0.15, -0.1) is 0 Å². The van der Waals surface area contributed by atoms with Crippen LogP contribution in [0.5, 0.6) is 5.75 Å². The Morgan fingerprint density at radius 3 is 2.57 bits per heavy atom. The molecule has 0 fully saturated rings. The number of likely N-dealkylation sites (N-methyl/N-ethyl adjacent to an activating group) is 1. The number of hydrogen-bond donors (Lipinski definition) is 1. The molecule has 0 radical (unpaired) electrons. The van der Waals surface area contributed by atoms with Crippen LogP contribution in [-0.2, 0) is 11.3 Å². The number of amides is 1. The summed E-state index contributed by atoms with van der Waals surface area (Å²) in [5.74, 6) is 0.766. The van der Waals surface area contributed by atoms with Crippen molar-refractivity contribution in [2.75, 3.05) is 26.0 Å². The van der Waals surface area contributed by atoms with Crippen molar-refractivity contribution in [2.45, 2.75) is 13.5 Å². The smallest absolute Gasteiger partial charge is 0.238 e. The largest absolute Gasteiger partial charge is 0.496 e. The van der Waals surface area contributed by atoms with Crippen LogP contribution in [0.1, 0.15) is 11.1 Å². The predicted molar refractivity (Wildman–Crippen MR) is 94.1 cm³/mol. The zero-order valence-corrected chi connectivity index (χ0v) is 14.4. The quantitative estimate of drug-likeness (QED) is 0.876. The summed E-state index contributed by atoms with van der Waals surface area (Å²) in [5, 5.41) is 3.50. The van der Waals surface area contributed by atoms with Gasteiger partial charge in [-0.2, -0.15) is 0 Å². The van der Waals surface area contributed by atoms with Gasteiger partial charge in [0.25, 0.3) is 0 Å². The maximum Gasteiger partial charge on any atom is 0.238 e. The summed E-state index contributed by atoms with van der Waals surface area (Å²) >= 11 is 5.83. The molecule has 0 aliphatic rings. The van der Waals surface area contributed by atoms with Crippen LogP contribution in [0.3, 0.4) is 0 Å². The summed E-state index contributed by atoms with van der Waals surface area (Å²) in [6.45, 7) is 2.97. The minimum absolute atomic E-state index is 0.0681. The number of carbonyl (C=O) groups is 1. The Balaban J connectivity index is 1.93. The van der Waals surface area contributed by atoms with Gasteiger partial charge >= 0.3 is 0 Å². The summed E-state index contributed by atoms with van der Waals surface area (Å²) < 4.78 is 5.37. The second-order valence-electron chi connectivity index (χ2n) is 5.54. The zero-order chi connectivity index (χ0) is 16.8. The van der Waals surface area contributed by atoms with Crippen LogP contribution in [0.25, 0.3) is 0 Å². The van der Waals surface area contributed by atoms with Crippen molar-refractivity contribution < 1.29 is 9.53 Å². The molecular formula is C18H21ClN2O2. The average molecular weight is 333 g/mol. The molecule has 0 atom stereocenters. The van der Waals surface area contributed by atoms with E-state index in [1.54, 1.807) is 31.4 Å². The fraction of sp³-hybridized carbons (Fsp3) is 0.278. The lowest BCUT2D eigenvalue weighted by molar-refractivity contribution is -0.117. The van der Waals surface area contributed by atoms with Gasteiger partial charge in [-0.1, -0.05) is 29.3 Å². The number of carbonyl (C=O) groups excluding carboxylic acids is 1. The van der Waals surface area contributed by atoms with Gasteiger partial charge in [-0.25, -0.2) is 0 Å². The molecule has 23 heavy (non-hydrogen) atoms. The highest BCUT2D eigenvalue weighted by Gasteiger charge is 2.10. The van der Waals surface area contributed by atoms with Crippen LogP contribution in [0.2, 0.25) is 5.02 Å². The summed E-state index contributed by atoms with van der Waals surface area (Å²) in [7, 11) is 3.56. The molecule has 0 aliphatic carbocycles. The molecule has 2 rings (SSSR count). The van der Waals surface area contributed by atoms with Gasteiger partial charge in [-0.3, -0.25) is 9.69 Å². The van der Waals surface area contributed by atoms with Gasteiger partial charge in [-0.05, 0) is 44.3 Å². The fourth-order valence-corrected chi connectivity index (χ4v) is 2.48. The van der Waals surface area contributed by atoms with E-state index in [1.165, 1.54) is 5.56 Å². The number of nitrogens with one attached hydrogen (secondary N) is 1. The minimum atomic E-state index is -0.0681. The number of rotatable bonds is 6. The molecule has 1 amide bonds. The summed E-state index contributed by atoms with van der Waals surface area (Å²) in [6.07, 6.45) is 0.